The second-order valence-electron chi connectivity index (χ2n) is 6.04. The van der Waals surface area contributed by atoms with Crippen molar-refractivity contribution in [1.82, 2.24) is 20.0 Å². The molecule has 0 saturated carbocycles. The number of nitrogens with zero attached hydrogens (tertiary/aromatic N) is 3. The van der Waals surface area contributed by atoms with Gasteiger partial charge in [-0.25, -0.2) is 0 Å². The van der Waals surface area contributed by atoms with Gasteiger partial charge >= 0.3 is 0 Å². The van der Waals surface area contributed by atoms with Gasteiger partial charge in [0.25, 0.3) is 0 Å². The summed E-state index contributed by atoms with van der Waals surface area (Å²) in [6, 6.07) is 0. The van der Waals surface area contributed by atoms with Crippen molar-refractivity contribution in [2.75, 3.05) is 58.9 Å². The van der Waals surface area contributed by atoms with E-state index in [1.165, 1.54) is 12.8 Å². The zero-order chi connectivity index (χ0) is 13.9. The third-order valence-electron chi connectivity index (χ3n) is 4.63. The van der Waals surface area contributed by atoms with Gasteiger partial charge in [-0.1, -0.05) is 0 Å². The summed E-state index contributed by atoms with van der Waals surface area (Å²) in [7, 11) is 0. The monoisotopic (exact) mass is 316 g/mol. The standard InChI is InChI=1S/C14H24N4O2.ClH/c19-13(11-16-3-1-2-4-16)17-5-7-18(8-6-17)14(20)12-9-15-10-12;/h12,15H,1-11H2;1H. The molecule has 3 saturated heterocycles. The van der Waals surface area contributed by atoms with E-state index in [4.69, 9.17) is 0 Å². The van der Waals surface area contributed by atoms with Gasteiger partial charge in [0.1, 0.15) is 0 Å². The first-order chi connectivity index (χ1) is 9.74. The molecule has 3 aliphatic heterocycles. The molecular weight excluding hydrogens is 292 g/mol. The molecule has 6 nitrogen and oxygen atoms in total. The first kappa shape index (κ1) is 16.5. The van der Waals surface area contributed by atoms with E-state index in [1.807, 2.05) is 9.80 Å². The Morgan fingerprint density at radius 2 is 1.48 bits per heavy atom. The van der Waals surface area contributed by atoms with Gasteiger partial charge in [0, 0.05) is 39.3 Å². The smallest absolute Gasteiger partial charge is 0.236 e. The molecule has 1 N–H and O–H groups in total. The Balaban J connectivity index is 0.00000161. The van der Waals surface area contributed by atoms with Crippen LogP contribution in [0, 0.1) is 5.92 Å². The fourth-order valence-electron chi connectivity index (χ4n) is 3.13. The Morgan fingerprint density at radius 1 is 0.905 bits per heavy atom. The molecule has 0 spiro atoms. The van der Waals surface area contributed by atoms with Gasteiger partial charge in [0.2, 0.25) is 11.8 Å². The summed E-state index contributed by atoms with van der Waals surface area (Å²) in [4.78, 5) is 30.4. The lowest BCUT2D eigenvalue weighted by Crippen LogP contribution is -2.57. The van der Waals surface area contributed by atoms with E-state index < -0.39 is 0 Å². The zero-order valence-electron chi connectivity index (χ0n) is 12.4. The molecule has 3 aliphatic rings. The molecule has 0 aromatic heterocycles. The normalized spacial score (nSPS) is 23.6. The molecule has 0 aromatic carbocycles. The maximum absolute atomic E-state index is 12.2. The van der Waals surface area contributed by atoms with Crippen LogP contribution in [0.1, 0.15) is 12.8 Å². The van der Waals surface area contributed by atoms with Crippen molar-refractivity contribution in [3.8, 4) is 0 Å². The van der Waals surface area contributed by atoms with E-state index in [1.54, 1.807) is 0 Å². The molecule has 0 bridgehead atoms. The zero-order valence-corrected chi connectivity index (χ0v) is 13.2. The van der Waals surface area contributed by atoms with Crippen LogP contribution >= 0.6 is 12.4 Å². The third-order valence-corrected chi connectivity index (χ3v) is 4.63. The van der Waals surface area contributed by atoms with Crippen LogP contribution in [0.5, 0.6) is 0 Å². The number of piperazine rings is 1. The highest BCUT2D eigenvalue weighted by atomic mass is 35.5. The second kappa shape index (κ2) is 7.42. The molecule has 3 rings (SSSR count). The summed E-state index contributed by atoms with van der Waals surface area (Å²) in [6.45, 7) is 7.07. The molecule has 3 heterocycles. The molecule has 0 aliphatic carbocycles. The average Bonchev–Trinajstić information content (AvgIpc) is 2.89. The molecule has 7 heteroatoms. The molecular formula is C14H25ClN4O2. The lowest BCUT2D eigenvalue weighted by Gasteiger charge is -2.38. The number of hydrogen-bond acceptors (Lipinski definition) is 4. The summed E-state index contributed by atoms with van der Waals surface area (Å²) in [5.74, 6) is 0.654. The van der Waals surface area contributed by atoms with Crippen molar-refractivity contribution in [3.63, 3.8) is 0 Å². The minimum Gasteiger partial charge on any atom is -0.339 e. The SMILES string of the molecule is Cl.O=C(CN1CCCC1)N1CCN(C(=O)C2CNC2)CC1. The fourth-order valence-corrected chi connectivity index (χ4v) is 3.13. The topological polar surface area (TPSA) is 55.9 Å². The number of amides is 2. The number of likely N-dealkylation sites (tertiary alicyclic amines) is 1. The predicted octanol–water partition coefficient (Wildman–Crippen LogP) is -0.606. The second-order valence-corrected chi connectivity index (χ2v) is 6.04. The third kappa shape index (κ3) is 3.87. The first-order valence-corrected chi connectivity index (χ1v) is 7.73. The van der Waals surface area contributed by atoms with Crippen LogP contribution in [0.15, 0.2) is 0 Å². The largest absolute Gasteiger partial charge is 0.339 e. The van der Waals surface area contributed by atoms with Crippen LogP contribution in [0.2, 0.25) is 0 Å². The highest BCUT2D eigenvalue weighted by Gasteiger charge is 2.32. The minimum absolute atomic E-state index is 0. The summed E-state index contributed by atoms with van der Waals surface area (Å²) in [6.07, 6.45) is 2.43. The van der Waals surface area contributed by atoms with Gasteiger partial charge in [0.05, 0.1) is 12.5 Å². The predicted molar refractivity (Wildman–Crippen MR) is 82.4 cm³/mol. The highest BCUT2D eigenvalue weighted by Crippen LogP contribution is 2.12. The molecule has 0 unspecified atom stereocenters. The van der Waals surface area contributed by atoms with Crippen molar-refractivity contribution in [1.29, 1.82) is 0 Å². The van der Waals surface area contributed by atoms with Crippen molar-refractivity contribution in [3.05, 3.63) is 0 Å². The number of hydrogen-bond donors (Lipinski definition) is 1. The number of carbonyl (C=O) groups is 2. The van der Waals surface area contributed by atoms with E-state index in [0.717, 1.165) is 26.2 Å². The summed E-state index contributed by atoms with van der Waals surface area (Å²) in [5, 5.41) is 3.13. The molecule has 3 fully saturated rings. The fraction of sp³-hybridized carbons (Fsp3) is 0.857. The Morgan fingerprint density at radius 3 is 2.00 bits per heavy atom. The van der Waals surface area contributed by atoms with Crippen molar-refractivity contribution in [2.24, 2.45) is 5.92 Å². The van der Waals surface area contributed by atoms with Gasteiger partial charge in [-0.15, -0.1) is 12.4 Å². The van der Waals surface area contributed by atoms with Gasteiger partial charge in [0.15, 0.2) is 0 Å². The minimum atomic E-state index is 0. The molecule has 120 valence electrons. The average molecular weight is 317 g/mol. The first-order valence-electron chi connectivity index (χ1n) is 7.73. The van der Waals surface area contributed by atoms with Crippen molar-refractivity contribution >= 4 is 24.2 Å². The van der Waals surface area contributed by atoms with Gasteiger partial charge in [-0.05, 0) is 25.9 Å². The molecule has 21 heavy (non-hydrogen) atoms. The lowest BCUT2D eigenvalue weighted by molar-refractivity contribution is -0.143. The summed E-state index contributed by atoms with van der Waals surface area (Å²) < 4.78 is 0. The van der Waals surface area contributed by atoms with Crippen LogP contribution < -0.4 is 5.32 Å². The van der Waals surface area contributed by atoms with Gasteiger partial charge in [-0.2, -0.15) is 0 Å². The van der Waals surface area contributed by atoms with E-state index in [-0.39, 0.29) is 30.1 Å². The van der Waals surface area contributed by atoms with Crippen molar-refractivity contribution < 1.29 is 9.59 Å². The van der Waals surface area contributed by atoms with E-state index in [9.17, 15) is 9.59 Å². The molecule has 0 radical (unpaired) electrons. The van der Waals surface area contributed by atoms with Crippen LogP contribution in [-0.4, -0.2) is 85.4 Å². The van der Waals surface area contributed by atoms with E-state index >= 15 is 0 Å². The lowest BCUT2D eigenvalue weighted by atomic mass is 10.0. The van der Waals surface area contributed by atoms with Crippen molar-refractivity contribution in [2.45, 2.75) is 12.8 Å². The van der Waals surface area contributed by atoms with E-state index in [2.05, 4.69) is 10.2 Å². The quantitative estimate of drug-likeness (QED) is 0.755. The molecule has 0 aromatic rings. The van der Waals surface area contributed by atoms with Gasteiger partial charge in [-0.3, -0.25) is 14.5 Å². The number of carbonyl (C=O) groups excluding carboxylic acids is 2. The summed E-state index contributed by atoms with van der Waals surface area (Å²) in [5.41, 5.74) is 0. The Labute approximate surface area is 132 Å². The van der Waals surface area contributed by atoms with E-state index in [0.29, 0.717) is 32.7 Å². The van der Waals surface area contributed by atoms with Crippen LogP contribution in [-0.2, 0) is 9.59 Å². The Hall–Kier alpha value is -0.850. The Kier molecular flexibility index (Phi) is 5.84. The Bertz CT molecular complexity index is 375. The molecule has 0 atom stereocenters. The maximum atomic E-state index is 12.2. The number of nitrogens with one attached hydrogen (secondary N) is 1. The number of rotatable bonds is 3. The van der Waals surface area contributed by atoms with Gasteiger partial charge < -0.3 is 15.1 Å². The van der Waals surface area contributed by atoms with Crippen LogP contribution in [0.3, 0.4) is 0 Å². The molecule has 2 amide bonds. The van der Waals surface area contributed by atoms with Crippen LogP contribution in [0.25, 0.3) is 0 Å². The highest BCUT2D eigenvalue weighted by molar-refractivity contribution is 5.85. The summed E-state index contributed by atoms with van der Waals surface area (Å²) >= 11 is 0. The van der Waals surface area contributed by atoms with Crippen LogP contribution in [0.4, 0.5) is 0 Å². The maximum Gasteiger partial charge on any atom is 0.236 e. The number of halogens is 1.